The lowest BCUT2D eigenvalue weighted by molar-refractivity contribution is 0.0750. The topological polar surface area (TPSA) is 59.2 Å². The zero-order chi connectivity index (χ0) is 13.2. The van der Waals surface area contributed by atoms with Crippen LogP contribution in [0.2, 0.25) is 0 Å². The fourth-order valence-electron chi connectivity index (χ4n) is 2.41. The number of benzene rings is 1. The van der Waals surface area contributed by atoms with Crippen LogP contribution in [-0.2, 0) is 13.0 Å². The van der Waals surface area contributed by atoms with E-state index < -0.39 is 0 Å². The number of nitrogens with two attached hydrogens (primary N) is 1. The molecule has 4 nitrogen and oxygen atoms in total. The Labute approximate surface area is 115 Å². The van der Waals surface area contributed by atoms with E-state index in [-0.39, 0.29) is 5.91 Å². The summed E-state index contributed by atoms with van der Waals surface area (Å²) in [6.45, 7) is 1.38. The minimum Gasteiger partial charge on any atom is -0.375 e. The second-order valence-electron chi connectivity index (χ2n) is 4.65. The molecule has 19 heavy (non-hydrogen) atoms. The summed E-state index contributed by atoms with van der Waals surface area (Å²) in [5, 5.41) is 0.553. The van der Waals surface area contributed by atoms with E-state index in [0.717, 1.165) is 35.4 Å². The molecule has 0 aliphatic carbocycles. The van der Waals surface area contributed by atoms with Gasteiger partial charge in [-0.1, -0.05) is 18.2 Å². The molecule has 1 aliphatic rings. The zero-order valence-corrected chi connectivity index (χ0v) is 11.3. The second-order valence-corrected chi connectivity index (χ2v) is 5.80. The Hall–Kier alpha value is -1.88. The Bertz CT molecular complexity index is 608. The molecule has 2 aromatic rings. The number of fused-ring (bicyclic) bond motifs is 1. The first kappa shape index (κ1) is 12.2. The SMILES string of the molecule is Nc1ncc(CN2CCCc3ccccc3C2=O)s1. The summed E-state index contributed by atoms with van der Waals surface area (Å²) in [5.41, 5.74) is 7.61. The van der Waals surface area contributed by atoms with Crippen molar-refractivity contribution in [1.82, 2.24) is 9.88 Å². The monoisotopic (exact) mass is 273 g/mol. The van der Waals surface area contributed by atoms with Gasteiger partial charge in [-0.25, -0.2) is 4.98 Å². The van der Waals surface area contributed by atoms with E-state index >= 15 is 0 Å². The number of aromatic nitrogens is 1. The first-order valence-electron chi connectivity index (χ1n) is 6.31. The van der Waals surface area contributed by atoms with E-state index in [2.05, 4.69) is 4.98 Å². The third-order valence-electron chi connectivity index (χ3n) is 3.33. The molecule has 98 valence electrons. The minimum absolute atomic E-state index is 0.111. The minimum atomic E-state index is 0.111. The van der Waals surface area contributed by atoms with Gasteiger partial charge in [0, 0.05) is 23.2 Å². The predicted octanol–water partition coefficient (Wildman–Crippen LogP) is 2.31. The number of hydrogen-bond acceptors (Lipinski definition) is 4. The summed E-state index contributed by atoms with van der Waals surface area (Å²) < 4.78 is 0. The highest BCUT2D eigenvalue weighted by molar-refractivity contribution is 7.15. The number of nitrogens with zero attached hydrogens (tertiary/aromatic N) is 2. The first-order valence-corrected chi connectivity index (χ1v) is 7.13. The van der Waals surface area contributed by atoms with Crippen molar-refractivity contribution < 1.29 is 4.79 Å². The van der Waals surface area contributed by atoms with Crippen molar-refractivity contribution in [3.63, 3.8) is 0 Å². The van der Waals surface area contributed by atoms with Crippen LogP contribution in [0.15, 0.2) is 30.5 Å². The van der Waals surface area contributed by atoms with Crippen LogP contribution in [0.5, 0.6) is 0 Å². The molecular weight excluding hydrogens is 258 g/mol. The van der Waals surface area contributed by atoms with E-state index in [9.17, 15) is 4.79 Å². The smallest absolute Gasteiger partial charge is 0.254 e. The molecule has 1 aromatic heterocycles. The van der Waals surface area contributed by atoms with Gasteiger partial charge in [0.05, 0.1) is 6.54 Å². The average Bonchev–Trinajstić information content (AvgIpc) is 2.75. The van der Waals surface area contributed by atoms with E-state index in [4.69, 9.17) is 5.73 Å². The number of carbonyl (C=O) groups excluding carboxylic acids is 1. The summed E-state index contributed by atoms with van der Waals surface area (Å²) in [5.74, 6) is 0.111. The van der Waals surface area contributed by atoms with Gasteiger partial charge in [0.25, 0.3) is 5.91 Å². The Balaban J connectivity index is 1.85. The van der Waals surface area contributed by atoms with Crippen molar-refractivity contribution >= 4 is 22.4 Å². The molecule has 2 heterocycles. The molecular formula is C14H15N3OS. The van der Waals surface area contributed by atoms with Crippen LogP contribution in [0, 0.1) is 0 Å². The first-order chi connectivity index (χ1) is 9.24. The third-order valence-corrected chi connectivity index (χ3v) is 4.14. The normalized spacial score (nSPS) is 15.2. The van der Waals surface area contributed by atoms with Crippen LogP contribution in [0.1, 0.15) is 27.2 Å². The van der Waals surface area contributed by atoms with Crippen LogP contribution in [0.3, 0.4) is 0 Å². The molecule has 5 heteroatoms. The van der Waals surface area contributed by atoms with Gasteiger partial charge in [0.1, 0.15) is 0 Å². The molecule has 0 radical (unpaired) electrons. The lowest BCUT2D eigenvalue weighted by Crippen LogP contribution is -2.30. The van der Waals surface area contributed by atoms with Crippen LogP contribution >= 0.6 is 11.3 Å². The number of aryl methyl sites for hydroxylation is 1. The maximum absolute atomic E-state index is 12.5. The number of amides is 1. The van der Waals surface area contributed by atoms with Crippen molar-refractivity contribution in [2.45, 2.75) is 19.4 Å². The molecule has 0 unspecified atom stereocenters. The summed E-state index contributed by atoms with van der Waals surface area (Å²) in [6, 6.07) is 7.87. The third kappa shape index (κ3) is 2.46. The molecule has 1 aliphatic heterocycles. The highest BCUT2D eigenvalue weighted by Crippen LogP contribution is 2.22. The molecule has 0 atom stereocenters. The Morgan fingerprint density at radius 1 is 1.37 bits per heavy atom. The largest absolute Gasteiger partial charge is 0.375 e. The van der Waals surface area contributed by atoms with Crippen molar-refractivity contribution in [2.24, 2.45) is 0 Å². The fraction of sp³-hybridized carbons (Fsp3) is 0.286. The summed E-state index contributed by atoms with van der Waals surface area (Å²) in [6.07, 6.45) is 3.71. The number of hydrogen-bond donors (Lipinski definition) is 1. The highest BCUT2D eigenvalue weighted by atomic mass is 32.1. The van der Waals surface area contributed by atoms with Crippen LogP contribution < -0.4 is 5.73 Å². The zero-order valence-electron chi connectivity index (χ0n) is 10.5. The lowest BCUT2D eigenvalue weighted by Gasteiger charge is -2.19. The highest BCUT2D eigenvalue weighted by Gasteiger charge is 2.22. The molecule has 0 bridgehead atoms. The number of carbonyl (C=O) groups is 1. The Kier molecular flexibility index (Phi) is 3.21. The van der Waals surface area contributed by atoms with Crippen molar-refractivity contribution in [1.29, 1.82) is 0 Å². The van der Waals surface area contributed by atoms with E-state index in [1.807, 2.05) is 29.2 Å². The van der Waals surface area contributed by atoms with Gasteiger partial charge in [-0.3, -0.25) is 4.79 Å². The van der Waals surface area contributed by atoms with Gasteiger partial charge in [0.2, 0.25) is 0 Å². The molecule has 0 spiro atoms. The van der Waals surface area contributed by atoms with Gasteiger partial charge in [-0.2, -0.15) is 0 Å². The van der Waals surface area contributed by atoms with Crippen LogP contribution in [-0.4, -0.2) is 22.3 Å². The summed E-state index contributed by atoms with van der Waals surface area (Å²) in [7, 11) is 0. The van der Waals surface area contributed by atoms with Crippen molar-refractivity contribution in [2.75, 3.05) is 12.3 Å². The lowest BCUT2D eigenvalue weighted by atomic mass is 10.0. The van der Waals surface area contributed by atoms with Gasteiger partial charge in [-0.05, 0) is 24.5 Å². The molecule has 2 N–H and O–H groups in total. The quantitative estimate of drug-likeness (QED) is 0.913. The van der Waals surface area contributed by atoms with Gasteiger partial charge in [0.15, 0.2) is 5.13 Å². The standard InChI is InChI=1S/C14H15N3OS/c15-14-16-8-11(19-14)9-17-7-3-5-10-4-1-2-6-12(10)13(17)18/h1-2,4,6,8H,3,5,7,9H2,(H2,15,16). The van der Waals surface area contributed by atoms with E-state index in [0.29, 0.717) is 11.7 Å². The number of thiazole rings is 1. The fourth-order valence-corrected chi connectivity index (χ4v) is 3.11. The van der Waals surface area contributed by atoms with Crippen molar-refractivity contribution in [3.8, 4) is 0 Å². The van der Waals surface area contributed by atoms with Crippen LogP contribution in [0.4, 0.5) is 5.13 Å². The molecule has 0 saturated carbocycles. The molecule has 1 amide bonds. The maximum atomic E-state index is 12.5. The van der Waals surface area contributed by atoms with E-state index in [1.54, 1.807) is 6.20 Å². The van der Waals surface area contributed by atoms with Crippen molar-refractivity contribution in [3.05, 3.63) is 46.5 Å². The number of rotatable bonds is 2. The second kappa shape index (κ2) is 5.01. The molecule has 0 saturated heterocycles. The Morgan fingerprint density at radius 3 is 3.00 bits per heavy atom. The number of anilines is 1. The summed E-state index contributed by atoms with van der Waals surface area (Å²) >= 11 is 1.44. The molecule has 0 fully saturated rings. The average molecular weight is 273 g/mol. The maximum Gasteiger partial charge on any atom is 0.254 e. The van der Waals surface area contributed by atoms with Gasteiger partial charge in [-0.15, -0.1) is 11.3 Å². The van der Waals surface area contributed by atoms with E-state index in [1.165, 1.54) is 11.3 Å². The predicted molar refractivity (Wildman–Crippen MR) is 76.0 cm³/mol. The molecule has 3 rings (SSSR count). The Morgan fingerprint density at radius 2 is 2.21 bits per heavy atom. The summed E-state index contributed by atoms with van der Waals surface area (Å²) in [4.78, 5) is 19.5. The molecule has 1 aromatic carbocycles. The van der Waals surface area contributed by atoms with Crippen LogP contribution in [0.25, 0.3) is 0 Å². The van der Waals surface area contributed by atoms with Gasteiger partial charge >= 0.3 is 0 Å². The van der Waals surface area contributed by atoms with Gasteiger partial charge < -0.3 is 10.6 Å². The number of nitrogen functional groups attached to an aromatic ring is 1.